The van der Waals surface area contributed by atoms with Crippen LogP contribution >= 0.6 is 0 Å². The largest absolute Gasteiger partial charge is 0.351 e. The Balaban J connectivity index is 1.96. The molecule has 0 aromatic carbocycles. The van der Waals surface area contributed by atoms with E-state index in [2.05, 4.69) is 14.8 Å². The molecular formula is C17H26N4O. The quantitative estimate of drug-likeness (QED) is 0.923. The summed E-state index contributed by atoms with van der Waals surface area (Å²) in [7, 11) is 3.87. The van der Waals surface area contributed by atoms with Crippen molar-refractivity contribution in [3.05, 3.63) is 40.0 Å². The van der Waals surface area contributed by atoms with E-state index in [1.54, 1.807) is 0 Å². The third kappa shape index (κ3) is 3.08. The lowest BCUT2D eigenvalue weighted by Gasteiger charge is -2.17. The second-order valence-corrected chi connectivity index (χ2v) is 6.09. The fraction of sp³-hybridized carbons (Fsp3) is 0.529. The molecule has 0 fully saturated rings. The smallest absolute Gasteiger partial charge is 0.255 e. The first-order valence-corrected chi connectivity index (χ1v) is 7.71. The first-order chi connectivity index (χ1) is 10.3. The molecule has 0 aliphatic carbocycles. The van der Waals surface area contributed by atoms with E-state index < -0.39 is 0 Å². The van der Waals surface area contributed by atoms with Gasteiger partial charge < -0.3 is 9.47 Å². The predicted molar refractivity (Wildman–Crippen MR) is 88.2 cm³/mol. The molecular weight excluding hydrogens is 276 g/mol. The summed E-state index contributed by atoms with van der Waals surface area (Å²) in [6.07, 6.45) is 1.88. The van der Waals surface area contributed by atoms with Crippen molar-refractivity contribution in [2.75, 3.05) is 13.6 Å². The Morgan fingerprint density at radius 1 is 1.32 bits per heavy atom. The molecule has 1 amide bonds. The van der Waals surface area contributed by atoms with Gasteiger partial charge in [-0.2, -0.15) is 5.10 Å². The number of rotatable bonds is 5. The summed E-state index contributed by atoms with van der Waals surface area (Å²) < 4.78 is 2.05. The first kappa shape index (κ1) is 16.3. The van der Waals surface area contributed by atoms with Crippen LogP contribution in [-0.2, 0) is 13.5 Å². The molecule has 2 rings (SSSR count). The Labute approximate surface area is 132 Å². The summed E-state index contributed by atoms with van der Waals surface area (Å²) in [5, 5.41) is 7.22. The van der Waals surface area contributed by atoms with Gasteiger partial charge in [0, 0.05) is 37.7 Å². The van der Waals surface area contributed by atoms with Crippen molar-refractivity contribution in [2.24, 2.45) is 7.05 Å². The van der Waals surface area contributed by atoms with Crippen LogP contribution in [0.15, 0.2) is 6.07 Å². The standard InChI is InChI=1S/C17H26N4O/c1-11-10-16(14(4)21(11)6)17(22)20(5)9-7-8-15-12(2)18-19-13(15)3/h10H,7-9H2,1-6H3,(H,18,19). The number of hydrogen-bond acceptors (Lipinski definition) is 2. The van der Waals surface area contributed by atoms with Crippen LogP contribution < -0.4 is 0 Å². The van der Waals surface area contributed by atoms with Crippen LogP contribution in [0, 0.1) is 27.7 Å². The monoisotopic (exact) mass is 302 g/mol. The fourth-order valence-corrected chi connectivity index (χ4v) is 2.81. The van der Waals surface area contributed by atoms with Crippen LogP contribution in [0.1, 0.15) is 45.1 Å². The maximum atomic E-state index is 12.6. The Bertz CT molecular complexity index is 662. The number of hydrogen-bond donors (Lipinski definition) is 1. The van der Waals surface area contributed by atoms with Crippen molar-refractivity contribution in [2.45, 2.75) is 40.5 Å². The van der Waals surface area contributed by atoms with Gasteiger partial charge in [-0.3, -0.25) is 9.89 Å². The second kappa shape index (κ2) is 6.38. The maximum Gasteiger partial charge on any atom is 0.255 e. The molecule has 5 nitrogen and oxygen atoms in total. The molecule has 0 aliphatic heterocycles. The zero-order valence-corrected chi connectivity index (χ0v) is 14.4. The topological polar surface area (TPSA) is 53.9 Å². The molecule has 0 aliphatic rings. The Kier molecular flexibility index (Phi) is 4.74. The van der Waals surface area contributed by atoms with E-state index in [0.717, 1.165) is 47.7 Å². The Morgan fingerprint density at radius 3 is 2.50 bits per heavy atom. The van der Waals surface area contributed by atoms with Gasteiger partial charge >= 0.3 is 0 Å². The molecule has 0 spiro atoms. The molecule has 0 unspecified atom stereocenters. The highest BCUT2D eigenvalue weighted by Gasteiger charge is 2.17. The van der Waals surface area contributed by atoms with Crippen LogP contribution in [0.4, 0.5) is 0 Å². The lowest BCUT2D eigenvalue weighted by Crippen LogP contribution is -2.28. The van der Waals surface area contributed by atoms with E-state index in [4.69, 9.17) is 0 Å². The molecule has 2 aromatic heterocycles. The van der Waals surface area contributed by atoms with Gasteiger partial charge in [0.25, 0.3) is 5.91 Å². The van der Waals surface area contributed by atoms with Crippen LogP contribution in [-0.4, -0.2) is 39.2 Å². The van der Waals surface area contributed by atoms with Crippen LogP contribution in [0.5, 0.6) is 0 Å². The fourth-order valence-electron chi connectivity index (χ4n) is 2.81. The van der Waals surface area contributed by atoms with Crippen molar-refractivity contribution in [1.29, 1.82) is 0 Å². The van der Waals surface area contributed by atoms with E-state index >= 15 is 0 Å². The molecule has 0 atom stereocenters. The highest BCUT2D eigenvalue weighted by Crippen LogP contribution is 2.16. The number of aromatic amines is 1. The van der Waals surface area contributed by atoms with Crippen molar-refractivity contribution in [3.8, 4) is 0 Å². The van der Waals surface area contributed by atoms with E-state index in [1.807, 2.05) is 52.8 Å². The normalized spacial score (nSPS) is 11.0. The number of nitrogens with zero attached hydrogens (tertiary/aromatic N) is 3. The Hall–Kier alpha value is -2.04. The number of carbonyl (C=O) groups excluding carboxylic acids is 1. The molecule has 120 valence electrons. The molecule has 0 saturated carbocycles. The SMILES string of the molecule is Cc1n[nH]c(C)c1CCCN(C)C(=O)c1cc(C)n(C)c1C. The molecule has 0 bridgehead atoms. The van der Waals surface area contributed by atoms with Crippen molar-refractivity contribution in [1.82, 2.24) is 19.7 Å². The molecule has 2 aromatic rings. The number of amides is 1. The third-order valence-electron chi connectivity index (χ3n) is 4.55. The van der Waals surface area contributed by atoms with Gasteiger partial charge in [-0.25, -0.2) is 0 Å². The predicted octanol–water partition coefficient (Wildman–Crippen LogP) is 2.69. The highest BCUT2D eigenvalue weighted by atomic mass is 16.2. The molecule has 5 heteroatoms. The maximum absolute atomic E-state index is 12.6. The first-order valence-electron chi connectivity index (χ1n) is 7.71. The van der Waals surface area contributed by atoms with Gasteiger partial charge in [-0.05, 0) is 52.2 Å². The lowest BCUT2D eigenvalue weighted by molar-refractivity contribution is 0.0793. The summed E-state index contributed by atoms with van der Waals surface area (Å²) in [5.41, 5.74) is 6.39. The lowest BCUT2D eigenvalue weighted by atomic mass is 10.1. The molecule has 0 radical (unpaired) electrons. The zero-order chi connectivity index (χ0) is 16.4. The van der Waals surface area contributed by atoms with Crippen molar-refractivity contribution >= 4 is 5.91 Å². The van der Waals surface area contributed by atoms with Crippen LogP contribution in [0.3, 0.4) is 0 Å². The van der Waals surface area contributed by atoms with E-state index in [1.165, 1.54) is 5.56 Å². The summed E-state index contributed by atoms with van der Waals surface area (Å²) in [6.45, 7) is 8.82. The van der Waals surface area contributed by atoms with Crippen LogP contribution in [0.25, 0.3) is 0 Å². The minimum Gasteiger partial charge on any atom is -0.351 e. The number of aromatic nitrogens is 3. The van der Waals surface area contributed by atoms with Gasteiger partial charge in [-0.15, -0.1) is 0 Å². The van der Waals surface area contributed by atoms with Crippen molar-refractivity contribution < 1.29 is 4.79 Å². The second-order valence-electron chi connectivity index (χ2n) is 6.09. The minimum atomic E-state index is 0.0989. The average molecular weight is 302 g/mol. The number of aryl methyl sites for hydroxylation is 3. The van der Waals surface area contributed by atoms with Gasteiger partial charge in [0.15, 0.2) is 0 Å². The molecule has 1 N–H and O–H groups in total. The van der Waals surface area contributed by atoms with E-state index in [9.17, 15) is 4.79 Å². The third-order valence-corrected chi connectivity index (χ3v) is 4.55. The van der Waals surface area contributed by atoms with Gasteiger partial charge in [0.2, 0.25) is 0 Å². The summed E-state index contributed by atoms with van der Waals surface area (Å²) >= 11 is 0. The van der Waals surface area contributed by atoms with Crippen LogP contribution in [0.2, 0.25) is 0 Å². The molecule has 0 saturated heterocycles. The van der Waals surface area contributed by atoms with Gasteiger partial charge in [0.05, 0.1) is 11.3 Å². The Morgan fingerprint density at radius 2 is 2.00 bits per heavy atom. The van der Waals surface area contributed by atoms with E-state index in [0.29, 0.717) is 0 Å². The highest BCUT2D eigenvalue weighted by molar-refractivity contribution is 5.95. The van der Waals surface area contributed by atoms with Crippen molar-refractivity contribution in [3.63, 3.8) is 0 Å². The number of nitrogens with one attached hydrogen (secondary N) is 1. The summed E-state index contributed by atoms with van der Waals surface area (Å²) in [6, 6.07) is 1.97. The van der Waals surface area contributed by atoms with Gasteiger partial charge in [-0.1, -0.05) is 0 Å². The summed E-state index contributed by atoms with van der Waals surface area (Å²) in [5.74, 6) is 0.0989. The van der Waals surface area contributed by atoms with Gasteiger partial charge in [0.1, 0.15) is 0 Å². The van der Waals surface area contributed by atoms with E-state index in [-0.39, 0.29) is 5.91 Å². The molecule has 22 heavy (non-hydrogen) atoms. The average Bonchev–Trinajstić information content (AvgIpc) is 2.93. The molecule has 2 heterocycles. The minimum absolute atomic E-state index is 0.0989. The zero-order valence-electron chi connectivity index (χ0n) is 14.4. The summed E-state index contributed by atoms with van der Waals surface area (Å²) in [4.78, 5) is 14.4. The number of H-pyrrole nitrogens is 1. The number of carbonyl (C=O) groups is 1.